The minimum Gasteiger partial charge on any atom is -0.479 e. The van der Waals surface area contributed by atoms with Crippen LogP contribution in [0.25, 0.3) is 0 Å². The summed E-state index contributed by atoms with van der Waals surface area (Å²) in [5, 5.41) is 5.34. The lowest BCUT2D eigenvalue weighted by atomic mass is 10.1. The molecule has 1 saturated heterocycles. The maximum atomic E-state index is 6.01. The highest BCUT2D eigenvalue weighted by Gasteiger charge is 2.18. The van der Waals surface area contributed by atoms with Crippen LogP contribution < -0.4 is 15.0 Å². The van der Waals surface area contributed by atoms with E-state index in [1.165, 1.54) is 0 Å². The Morgan fingerprint density at radius 1 is 1.38 bits per heavy atom. The van der Waals surface area contributed by atoms with Crippen LogP contribution in [-0.4, -0.2) is 38.3 Å². The summed E-state index contributed by atoms with van der Waals surface area (Å²) in [5.41, 5.74) is 1.01. The Hall–Kier alpha value is -0.810. The number of thiazole rings is 1. The molecule has 1 aliphatic heterocycles. The molecule has 0 amide bonds. The first-order valence-corrected chi connectivity index (χ1v) is 6.50. The van der Waals surface area contributed by atoms with E-state index in [9.17, 15) is 0 Å². The van der Waals surface area contributed by atoms with Crippen LogP contribution >= 0.6 is 11.3 Å². The van der Waals surface area contributed by atoms with Crippen molar-refractivity contribution in [3.05, 3.63) is 5.69 Å². The summed E-state index contributed by atoms with van der Waals surface area (Å²) in [7, 11) is 4.01. The van der Waals surface area contributed by atoms with Crippen molar-refractivity contribution in [2.24, 2.45) is 0 Å². The van der Waals surface area contributed by atoms with Gasteiger partial charge in [-0.25, -0.2) is 4.98 Å². The van der Waals surface area contributed by atoms with Crippen LogP contribution in [0.2, 0.25) is 0 Å². The number of nitrogens with one attached hydrogen (secondary N) is 1. The number of anilines is 1. The van der Waals surface area contributed by atoms with Gasteiger partial charge in [-0.3, -0.25) is 0 Å². The number of aromatic nitrogens is 1. The minimum atomic E-state index is 0.357. The Morgan fingerprint density at radius 3 is 2.62 bits per heavy atom. The van der Waals surface area contributed by atoms with Gasteiger partial charge >= 0.3 is 0 Å². The lowest BCUT2D eigenvalue weighted by molar-refractivity contribution is 0.166. The van der Waals surface area contributed by atoms with Gasteiger partial charge in [0.15, 0.2) is 10.2 Å². The first-order valence-electron chi connectivity index (χ1n) is 5.69. The summed E-state index contributed by atoms with van der Waals surface area (Å²) in [5.74, 6) is 0. The van der Waals surface area contributed by atoms with E-state index in [1.807, 2.05) is 25.9 Å². The van der Waals surface area contributed by atoms with Crippen molar-refractivity contribution >= 4 is 16.5 Å². The van der Waals surface area contributed by atoms with E-state index in [0.717, 1.165) is 41.8 Å². The van der Waals surface area contributed by atoms with Crippen LogP contribution in [0.15, 0.2) is 0 Å². The van der Waals surface area contributed by atoms with Gasteiger partial charge in [0.05, 0.1) is 5.69 Å². The molecule has 90 valence electrons. The van der Waals surface area contributed by atoms with Crippen molar-refractivity contribution in [1.82, 2.24) is 10.3 Å². The molecule has 4 nitrogen and oxygen atoms in total. The fourth-order valence-electron chi connectivity index (χ4n) is 1.73. The van der Waals surface area contributed by atoms with E-state index in [-0.39, 0.29) is 0 Å². The van der Waals surface area contributed by atoms with E-state index in [1.54, 1.807) is 11.3 Å². The first kappa shape index (κ1) is 11.7. The van der Waals surface area contributed by atoms with Gasteiger partial charge in [-0.05, 0) is 32.9 Å². The van der Waals surface area contributed by atoms with E-state index in [4.69, 9.17) is 4.74 Å². The van der Waals surface area contributed by atoms with Gasteiger partial charge in [0.25, 0.3) is 0 Å². The Morgan fingerprint density at radius 2 is 2.06 bits per heavy atom. The standard InChI is InChI=1S/C11H19N3OS/c1-8-10(16-11(13-8)14(2)3)15-9-4-6-12-7-5-9/h9,12H,4-7H2,1-3H3. The molecule has 1 aliphatic rings. The molecule has 0 unspecified atom stereocenters. The van der Waals surface area contributed by atoms with Crippen molar-refractivity contribution < 1.29 is 4.74 Å². The second-order valence-corrected chi connectivity index (χ2v) is 5.27. The average molecular weight is 241 g/mol. The van der Waals surface area contributed by atoms with Crippen molar-refractivity contribution in [3.63, 3.8) is 0 Å². The molecule has 1 aromatic rings. The predicted octanol–water partition coefficient (Wildman–Crippen LogP) is 1.65. The van der Waals surface area contributed by atoms with Crippen LogP contribution in [0, 0.1) is 6.92 Å². The fourth-order valence-corrected chi connectivity index (χ4v) is 2.64. The zero-order valence-electron chi connectivity index (χ0n) is 10.1. The van der Waals surface area contributed by atoms with Crippen molar-refractivity contribution in [1.29, 1.82) is 0 Å². The van der Waals surface area contributed by atoms with Gasteiger partial charge in [-0.15, -0.1) is 0 Å². The molecular formula is C11H19N3OS. The predicted molar refractivity (Wildman–Crippen MR) is 67.7 cm³/mol. The van der Waals surface area contributed by atoms with Crippen molar-refractivity contribution in [2.75, 3.05) is 32.1 Å². The summed E-state index contributed by atoms with van der Waals surface area (Å²) in [6.07, 6.45) is 2.54. The highest BCUT2D eigenvalue weighted by molar-refractivity contribution is 7.17. The number of aryl methyl sites for hydroxylation is 1. The molecule has 5 heteroatoms. The number of hydrogen-bond donors (Lipinski definition) is 1. The third-order valence-electron chi connectivity index (χ3n) is 2.69. The molecule has 0 radical (unpaired) electrons. The van der Waals surface area contributed by atoms with Crippen LogP contribution in [0.4, 0.5) is 5.13 Å². The number of nitrogens with zero attached hydrogens (tertiary/aromatic N) is 2. The maximum absolute atomic E-state index is 6.01. The Kier molecular flexibility index (Phi) is 3.66. The fraction of sp³-hybridized carbons (Fsp3) is 0.727. The zero-order chi connectivity index (χ0) is 11.5. The van der Waals surface area contributed by atoms with Gasteiger partial charge in [0, 0.05) is 14.1 Å². The van der Waals surface area contributed by atoms with Gasteiger partial charge < -0.3 is 15.0 Å². The SMILES string of the molecule is Cc1nc(N(C)C)sc1OC1CCNCC1. The second kappa shape index (κ2) is 5.01. The van der Waals surface area contributed by atoms with E-state index >= 15 is 0 Å². The summed E-state index contributed by atoms with van der Waals surface area (Å²) in [6.45, 7) is 4.13. The Balaban J connectivity index is 2.02. The largest absolute Gasteiger partial charge is 0.479 e. The van der Waals surface area contributed by atoms with Crippen molar-refractivity contribution in [2.45, 2.75) is 25.9 Å². The Bertz CT molecular complexity index is 345. The Labute approximate surface area is 101 Å². The molecule has 0 atom stereocenters. The van der Waals surface area contributed by atoms with Crippen molar-refractivity contribution in [3.8, 4) is 5.06 Å². The molecule has 0 aromatic carbocycles. The number of ether oxygens (including phenoxy) is 1. The molecule has 0 saturated carbocycles. The topological polar surface area (TPSA) is 37.4 Å². The van der Waals surface area contributed by atoms with Crippen LogP contribution in [0.1, 0.15) is 18.5 Å². The summed E-state index contributed by atoms with van der Waals surface area (Å²) in [6, 6.07) is 0. The molecule has 2 rings (SSSR count). The molecule has 1 N–H and O–H groups in total. The third-order valence-corrected chi connectivity index (χ3v) is 3.90. The monoisotopic (exact) mass is 241 g/mol. The maximum Gasteiger partial charge on any atom is 0.199 e. The number of hydrogen-bond acceptors (Lipinski definition) is 5. The quantitative estimate of drug-likeness (QED) is 0.873. The van der Waals surface area contributed by atoms with Crippen LogP contribution in [-0.2, 0) is 0 Å². The third kappa shape index (κ3) is 2.65. The van der Waals surface area contributed by atoms with Gasteiger partial charge in [0.2, 0.25) is 0 Å². The molecule has 0 aliphatic carbocycles. The molecule has 2 heterocycles. The molecule has 16 heavy (non-hydrogen) atoms. The summed E-state index contributed by atoms with van der Waals surface area (Å²) < 4.78 is 6.01. The number of piperidine rings is 1. The molecule has 0 spiro atoms. The first-order chi connectivity index (χ1) is 7.66. The van der Waals surface area contributed by atoms with E-state index in [2.05, 4.69) is 10.3 Å². The van der Waals surface area contributed by atoms with Gasteiger partial charge in [0.1, 0.15) is 6.10 Å². The summed E-state index contributed by atoms with van der Waals surface area (Å²) >= 11 is 1.63. The van der Waals surface area contributed by atoms with E-state index < -0.39 is 0 Å². The highest BCUT2D eigenvalue weighted by atomic mass is 32.1. The van der Waals surface area contributed by atoms with Gasteiger partial charge in [-0.1, -0.05) is 11.3 Å². The van der Waals surface area contributed by atoms with E-state index in [0.29, 0.717) is 6.10 Å². The lowest BCUT2D eigenvalue weighted by Gasteiger charge is -2.23. The zero-order valence-corrected chi connectivity index (χ0v) is 10.9. The van der Waals surface area contributed by atoms with Gasteiger partial charge in [-0.2, -0.15) is 0 Å². The molecule has 0 bridgehead atoms. The minimum absolute atomic E-state index is 0.357. The smallest absolute Gasteiger partial charge is 0.199 e. The molecule has 1 aromatic heterocycles. The molecule has 1 fully saturated rings. The second-order valence-electron chi connectivity index (χ2n) is 4.33. The highest BCUT2D eigenvalue weighted by Crippen LogP contribution is 2.33. The lowest BCUT2D eigenvalue weighted by Crippen LogP contribution is -2.34. The average Bonchev–Trinajstić information content (AvgIpc) is 2.62. The molecular weight excluding hydrogens is 222 g/mol. The normalized spacial score (nSPS) is 17.4. The van der Waals surface area contributed by atoms with Crippen LogP contribution in [0.3, 0.4) is 0 Å². The summed E-state index contributed by atoms with van der Waals surface area (Å²) in [4.78, 5) is 6.50. The number of rotatable bonds is 3. The van der Waals surface area contributed by atoms with Crippen LogP contribution in [0.5, 0.6) is 5.06 Å².